The molecule has 0 aliphatic carbocycles. The van der Waals surface area contributed by atoms with Crippen molar-refractivity contribution in [3.63, 3.8) is 0 Å². The highest BCUT2D eigenvalue weighted by Gasteiger charge is 2.25. The number of anilines is 1. The zero-order chi connectivity index (χ0) is 18.5. The van der Waals surface area contributed by atoms with Gasteiger partial charge >= 0.3 is 0 Å². The summed E-state index contributed by atoms with van der Waals surface area (Å²) in [6, 6.07) is 16.0. The first-order valence-electron chi connectivity index (χ1n) is 8.86. The molecule has 1 aliphatic rings. The number of carbonyl (C=O) groups is 1. The van der Waals surface area contributed by atoms with E-state index in [0.717, 1.165) is 22.6 Å². The lowest BCUT2D eigenvalue weighted by molar-refractivity contribution is -0.138. The summed E-state index contributed by atoms with van der Waals surface area (Å²) in [5, 5.41) is 0. The number of methoxy groups -OCH3 is 1. The molecule has 0 bridgehead atoms. The summed E-state index contributed by atoms with van der Waals surface area (Å²) in [4.78, 5) is 16.6. The minimum Gasteiger partial charge on any atom is -0.497 e. The molecule has 0 saturated carbocycles. The van der Waals surface area contributed by atoms with Gasteiger partial charge in [-0.25, -0.2) is 0 Å². The lowest BCUT2D eigenvalue weighted by Gasteiger charge is -2.33. The summed E-state index contributed by atoms with van der Waals surface area (Å²) >= 11 is 0. The van der Waals surface area contributed by atoms with Crippen LogP contribution in [0.3, 0.4) is 0 Å². The standard InChI is InChI=1S/C21H26N2O3/c1-22(2)18-8-6-17(7-9-18)20-15-23(12-13-26-20)21(24)14-16-4-10-19(25-3)11-5-16/h4-11,20H,12-15H2,1-3H3. The van der Waals surface area contributed by atoms with Gasteiger partial charge in [-0.2, -0.15) is 0 Å². The van der Waals surface area contributed by atoms with Crippen LogP contribution in [0, 0.1) is 0 Å². The molecule has 5 nitrogen and oxygen atoms in total. The van der Waals surface area contributed by atoms with Crippen LogP contribution in [0.25, 0.3) is 0 Å². The Bertz CT molecular complexity index is 726. The van der Waals surface area contributed by atoms with Gasteiger partial charge in [0.25, 0.3) is 0 Å². The van der Waals surface area contributed by atoms with E-state index >= 15 is 0 Å². The Balaban J connectivity index is 1.62. The molecule has 0 N–H and O–H groups in total. The molecule has 1 heterocycles. The van der Waals surface area contributed by atoms with Crippen molar-refractivity contribution >= 4 is 11.6 Å². The van der Waals surface area contributed by atoms with Crippen LogP contribution >= 0.6 is 0 Å². The predicted molar refractivity (Wildman–Crippen MR) is 103 cm³/mol. The van der Waals surface area contributed by atoms with E-state index in [9.17, 15) is 4.79 Å². The third kappa shape index (κ3) is 4.35. The number of ether oxygens (including phenoxy) is 2. The number of nitrogens with zero attached hydrogens (tertiary/aromatic N) is 2. The summed E-state index contributed by atoms with van der Waals surface area (Å²) in [6.07, 6.45) is 0.329. The van der Waals surface area contributed by atoms with E-state index in [-0.39, 0.29) is 12.0 Å². The van der Waals surface area contributed by atoms with E-state index < -0.39 is 0 Å². The zero-order valence-corrected chi connectivity index (χ0v) is 15.6. The van der Waals surface area contributed by atoms with Gasteiger partial charge in [-0.3, -0.25) is 4.79 Å². The Labute approximate surface area is 155 Å². The molecule has 26 heavy (non-hydrogen) atoms. The van der Waals surface area contributed by atoms with Gasteiger partial charge in [0.1, 0.15) is 11.9 Å². The summed E-state index contributed by atoms with van der Waals surface area (Å²) in [7, 11) is 5.68. The van der Waals surface area contributed by atoms with Crippen molar-refractivity contribution in [2.24, 2.45) is 0 Å². The van der Waals surface area contributed by atoms with Crippen molar-refractivity contribution in [2.75, 3.05) is 45.8 Å². The van der Waals surface area contributed by atoms with Gasteiger partial charge in [0.2, 0.25) is 5.91 Å². The number of amides is 1. The fourth-order valence-corrected chi connectivity index (χ4v) is 3.09. The quantitative estimate of drug-likeness (QED) is 0.828. The van der Waals surface area contributed by atoms with Crippen LogP contribution in [-0.4, -0.2) is 51.7 Å². The van der Waals surface area contributed by atoms with Crippen molar-refractivity contribution in [3.8, 4) is 5.75 Å². The van der Waals surface area contributed by atoms with Crippen LogP contribution in [0.2, 0.25) is 0 Å². The normalized spacial score (nSPS) is 17.0. The molecule has 1 saturated heterocycles. The summed E-state index contributed by atoms with van der Waals surface area (Å²) in [6.45, 7) is 1.80. The van der Waals surface area contributed by atoms with Crippen LogP contribution in [-0.2, 0) is 16.0 Å². The van der Waals surface area contributed by atoms with Crippen LogP contribution in [0.1, 0.15) is 17.2 Å². The lowest BCUT2D eigenvalue weighted by atomic mass is 10.1. The molecule has 0 spiro atoms. The number of hydrogen-bond acceptors (Lipinski definition) is 4. The molecule has 2 aromatic carbocycles. The van der Waals surface area contributed by atoms with Gasteiger partial charge < -0.3 is 19.3 Å². The first-order valence-corrected chi connectivity index (χ1v) is 8.86. The van der Waals surface area contributed by atoms with Crippen LogP contribution in [0.15, 0.2) is 48.5 Å². The minimum atomic E-state index is -0.0696. The third-order valence-corrected chi connectivity index (χ3v) is 4.71. The van der Waals surface area contributed by atoms with E-state index in [0.29, 0.717) is 26.1 Å². The molecule has 0 aromatic heterocycles. The first-order chi connectivity index (χ1) is 12.6. The molecule has 2 aromatic rings. The highest BCUT2D eigenvalue weighted by Crippen LogP contribution is 2.25. The molecule has 1 unspecified atom stereocenters. The average Bonchev–Trinajstić information content (AvgIpc) is 2.68. The van der Waals surface area contributed by atoms with Crippen LogP contribution < -0.4 is 9.64 Å². The Hall–Kier alpha value is -2.53. The van der Waals surface area contributed by atoms with Gasteiger partial charge in [0.15, 0.2) is 0 Å². The van der Waals surface area contributed by atoms with Crippen molar-refractivity contribution in [1.82, 2.24) is 4.90 Å². The minimum absolute atomic E-state index is 0.0696. The predicted octanol–water partition coefficient (Wildman–Crippen LogP) is 2.90. The van der Waals surface area contributed by atoms with Gasteiger partial charge in [-0.1, -0.05) is 24.3 Å². The Morgan fingerprint density at radius 2 is 1.85 bits per heavy atom. The van der Waals surface area contributed by atoms with E-state index in [4.69, 9.17) is 9.47 Å². The molecule has 1 fully saturated rings. The maximum atomic E-state index is 12.7. The van der Waals surface area contributed by atoms with Gasteiger partial charge in [-0.05, 0) is 35.4 Å². The first kappa shape index (κ1) is 18.3. The maximum Gasteiger partial charge on any atom is 0.227 e. The highest BCUT2D eigenvalue weighted by molar-refractivity contribution is 5.79. The highest BCUT2D eigenvalue weighted by atomic mass is 16.5. The van der Waals surface area contributed by atoms with Crippen molar-refractivity contribution in [1.29, 1.82) is 0 Å². The zero-order valence-electron chi connectivity index (χ0n) is 15.6. The molecule has 3 rings (SSSR count). The van der Waals surface area contributed by atoms with Gasteiger partial charge in [0.05, 0.1) is 26.7 Å². The van der Waals surface area contributed by atoms with Gasteiger partial charge in [0, 0.05) is 26.3 Å². The molecule has 138 valence electrons. The average molecular weight is 354 g/mol. The molecule has 5 heteroatoms. The second-order valence-electron chi connectivity index (χ2n) is 6.71. The van der Waals surface area contributed by atoms with E-state index in [2.05, 4.69) is 29.2 Å². The number of benzene rings is 2. The molecule has 1 aliphatic heterocycles. The molecule has 1 amide bonds. The second-order valence-corrected chi connectivity index (χ2v) is 6.71. The molecular formula is C21H26N2O3. The largest absolute Gasteiger partial charge is 0.497 e. The Morgan fingerprint density at radius 1 is 1.15 bits per heavy atom. The van der Waals surface area contributed by atoms with Crippen molar-refractivity contribution < 1.29 is 14.3 Å². The van der Waals surface area contributed by atoms with Crippen molar-refractivity contribution in [3.05, 3.63) is 59.7 Å². The molecule has 0 radical (unpaired) electrons. The van der Waals surface area contributed by atoms with Crippen LogP contribution in [0.4, 0.5) is 5.69 Å². The Morgan fingerprint density at radius 3 is 2.46 bits per heavy atom. The summed E-state index contributed by atoms with van der Waals surface area (Å²) in [5.41, 5.74) is 3.25. The fourth-order valence-electron chi connectivity index (χ4n) is 3.09. The third-order valence-electron chi connectivity index (χ3n) is 4.71. The lowest BCUT2D eigenvalue weighted by Crippen LogP contribution is -2.43. The second kappa shape index (κ2) is 8.23. The molecular weight excluding hydrogens is 328 g/mol. The van der Waals surface area contributed by atoms with Crippen LogP contribution in [0.5, 0.6) is 5.75 Å². The van der Waals surface area contributed by atoms with E-state index in [1.54, 1.807) is 7.11 Å². The SMILES string of the molecule is COc1ccc(CC(=O)N2CCOC(c3ccc(N(C)C)cc3)C2)cc1. The Kier molecular flexibility index (Phi) is 5.78. The number of morpholine rings is 1. The number of carbonyl (C=O) groups excluding carboxylic acids is 1. The molecule has 1 atom stereocenters. The maximum absolute atomic E-state index is 12.7. The number of hydrogen-bond donors (Lipinski definition) is 0. The summed E-state index contributed by atoms with van der Waals surface area (Å²) < 4.78 is 11.1. The summed E-state index contributed by atoms with van der Waals surface area (Å²) in [5.74, 6) is 0.933. The topological polar surface area (TPSA) is 42.0 Å². The van der Waals surface area contributed by atoms with E-state index in [1.165, 1.54) is 0 Å². The number of rotatable bonds is 5. The van der Waals surface area contributed by atoms with Crippen molar-refractivity contribution in [2.45, 2.75) is 12.5 Å². The monoisotopic (exact) mass is 354 g/mol. The van der Waals surface area contributed by atoms with Gasteiger partial charge in [-0.15, -0.1) is 0 Å². The smallest absolute Gasteiger partial charge is 0.227 e. The fraction of sp³-hybridized carbons (Fsp3) is 0.381. The van der Waals surface area contributed by atoms with E-state index in [1.807, 2.05) is 43.3 Å².